The molecule has 0 unspecified atom stereocenters. The number of nitrogens with zero attached hydrogens (tertiary/aromatic N) is 1. The summed E-state index contributed by atoms with van der Waals surface area (Å²) in [6.07, 6.45) is 2.41. The second-order valence-electron chi connectivity index (χ2n) is 6.07. The molecule has 1 amide bonds. The third-order valence-corrected chi connectivity index (χ3v) is 4.07. The molecular formula is C14H26N2O3. The highest BCUT2D eigenvalue weighted by Gasteiger charge is 2.32. The van der Waals surface area contributed by atoms with Crippen LogP contribution in [-0.2, 0) is 9.59 Å². The highest BCUT2D eigenvalue weighted by Crippen LogP contribution is 2.19. The molecule has 0 bridgehead atoms. The first-order valence-corrected chi connectivity index (χ1v) is 7.05. The predicted octanol–water partition coefficient (Wildman–Crippen LogP) is 1.48. The molecule has 0 aliphatic carbocycles. The number of carbonyl (C=O) groups is 2. The van der Waals surface area contributed by atoms with Gasteiger partial charge >= 0.3 is 5.97 Å². The number of piperidine rings is 1. The van der Waals surface area contributed by atoms with Gasteiger partial charge in [-0.2, -0.15) is 0 Å². The number of nitrogens with one attached hydrogen (secondary N) is 1. The summed E-state index contributed by atoms with van der Waals surface area (Å²) in [4.78, 5) is 25.2. The standard InChI is InChI=1S/C14H26N2O3/c1-5-14(3,4)15-12(17)10(2)16-8-6-7-11(9-16)13(18)19/h10-11H,5-9H2,1-4H3,(H,15,17)(H,18,19)/t10-,11+/m0/s1. The lowest BCUT2D eigenvalue weighted by Gasteiger charge is -2.36. The summed E-state index contributed by atoms with van der Waals surface area (Å²) < 4.78 is 0. The van der Waals surface area contributed by atoms with E-state index in [1.807, 2.05) is 32.6 Å². The molecule has 0 radical (unpaired) electrons. The van der Waals surface area contributed by atoms with Crippen LogP contribution in [0.4, 0.5) is 0 Å². The van der Waals surface area contributed by atoms with Crippen LogP contribution in [0.25, 0.3) is 0 Å². The van der Waals surface area contributed by atoms with E-state index in [0.717, 1.165) is 19.4 Å². The number of rotatable bonds is 5. The van der Waals surface area contributed by atoms with E-state index in [1.165, 1.54) is 0 Å². The predicted molar refractivity (Wildman–Crippen MR) is 73.9 cm³/mol. The lowest BCUT2D eigenvalue weighted by Crippen LogP contribution is -2.54. The number of aliphatic carboxylic acids is 1. The lowest BCUT2D eigenvalue weighted by molar-refractivity contribution is -0.145. The number of carboxylic acid groups (broad SMARTS) is 1. The molecule has 1 aliphatic rings. The van der Waals surface area contributed by atoms with E-state index in [1.54, 1.807) is 0 Å². The largest absolute Gasteiger partial charge is 0.481 e. The van der Waals surface area contributed by atoms with Crippen molar-refractivity contribution in [3.8, 4) is 0 Å². The Bertz CT molecular complexity index is 342. The van der Waals surface area contributed by atoms with Crippen LogP contribution in [0.1, 0.15) is 47.0 Å². The highest BCUT2D eigenvalue weighted by molar-refractivity contribution is 5.82. The van der Waals surface area contributed by atoms with Crippen LogP contribution in [0.15, 0.2) is 0 Å². The van der Waals surface area contributed by atoms with Gasteiger partial charge in [0.05, 0.1) is 12.0 Å². The summed E-state index contributed by atoms with van der Waals surface area (Å²) in [6.45, 7) is 9.14. The zero-order valence-electron chi connectivity index (χ0n) is 12.4. The van der Waals surface area contributed by atoms with Crippen molar-refractivity contribution in [3.05, 3.63) is 0 Å². The number of hydrogen-bond donors (Lipinski definition) is 2. The molecule has 0 aromatic heterocycles. The summed E-state index contributed by atoms with van der Waals surface area (Å²) >= 11 is 0. The molecule has 1 aliphatic heterocycles. The fourth-order valence-electron chi connectivity index (χ4n) is 2.25. The maximum absolute atomic E-state index is 12.2. The Morgan fingerprint density at radius 2 is 2.11 bits per heavy atom. The number of amides is 1. The van der Waals surface area contributed by atoms with E-state index in [2.05, 4.69) is 5.32 Å². The summed E-state index contributed by atoms with van der Waals surface area (Å²) in [7, 11) is 0. The van der Waals surface area contributed by atoms with Crippen LogP contribution >= 0.6 is 0 Å². The van der Waals surface area contributed by atoms with E-state index in [9.17, 15) is 9.59 Å². The van der Waals surface area contributed by atoms with Crippen LogP contribution in [0, 0.1) is 5.92 Å². The van der Waals surface area contributed by atoms with Gasteiger partial charge in [-0.05, 0) is 46.6 Å². The zero-order chi connectivity index (χ0) is 14.6. The summed E-state index contributed by atoms with van der Waals surface area (Å²) in [5.74, 6) is -1.12. The average molecular weight is 270 g/mol. The molecule has 1 saturated heterocycles. The fraction of sp³-hybridized carbons (Fsp3) is 0.857. The minimum atomic E-state index is -0.758. The van der Waals surface area contributed by atoms with Crippen LogP contribution < -0.4 is 5.32 Å². The second kappa shape index (κ2) is 6.37. The zero-order valence-corrected chi connectivity index (χ0v) is 12.4. The van der Waals surface area contributed by atoms with Crippen molar-refractivity contribution in [2.24, 2.45) is 5.92 Å². The fourth-order valence-corrected chi connectivity index (χ4v) is 2.25. The Labute approximate surface area is 115 Å². The molecule has 1 rings (SSSR count). The van der Waals surface area contributed by atoms with Gasteiger partial charge in [0.15, 0.2) is 0 Å². The van der Waals surface area contributed by atoms with Crippen LogP contribution in [0.3, 0.4) is 0 Å². The third kappa shape index (κ3) is 4.49. The van der Waals surface area contributed by atoms with Gasteiger partial charge < -0.3 is 10.4 Å². The first-order valence-electron chi connectivity index (χ1n) is 7.05. The minimum absolute atomic E-state index is 0.0158. The van der Waals surface area contributed by atoms with E-state index >= 15 is 0 Å². The van der Waals surface area contributed by atoms with Crippen molar-refractivity contribution in [1.82, 2.24) is 10.2 Å². The summed E-state index contributed by atoms with van der Waals surface area (Å²) in [6, 6.07) is -0.270. The van der Waals surface area contributed by atoms with Gasteiger partial charge in [0.2, 0.25) is 5.91 Å². The molecule has 0 saturated carbocycles. The summed E-state index contributed by atoms with van der Waals surface area (Å²) in [5, 5.41) is 12.1. The maximum Gasteiger partial charge on any atom is 0.307 e. The first kappa shape index (κ1) is 16.0. The summed E-state index contributed by atoms with van der Waals surface area (Å²) in [5.41, 5.74) is -0.215. The Hall–Kier alpha value is -1.10. The van der Waals surface area contributed by atoms with E-state index in [0.29, 0.717) is 13.0 Å². The topological polar surface area (TPSA) is 69.6 Å². The maximum atomic E-state index is 12.2. The molecule has 0 aromatic rings. The monoisotopic (exact) mass is 270 g/mol. The SMILES string of the molecule is CCC(C)(C)NC(=O)[C@H](C)N1CCC[C@@H](C(=O)O)C1. The number of hydrogen-bond acceptors (Lipinski definition) is 3. The Morgan fingerprint density at radius 3 is 2.63 bits per heavy atom. The molecule has 2 N–H and O–H groups in total. The number of carbonyl (C=O) groups excluding carboxylic acids is 1. The van der Waals surface area contributed by atoms with E-state index < -0.39 is 5.97 Å². The van der Waals surface area contributed by atoms with Gasteiger partial charge in [0.25, 0.3) is 0 Å². The number of carboxylic acids is 1. The molecule has 2 atom stereocenters. The molecule has 1 fully saturated rings. The van der Waals surface area contributed by atoms with Crippen molar-refractivity contribution < 1.29 is 14.7 Å². The molecule has 5 nitrogen and oxygen atoms in total. The second-order valence-corrected chi connectivity index (χ2v) is 6.07. The van der Waals surface area contributed by atoms with Crippen molar-refractivity contribution in [2.45, 2.75) is 58.5 Å². The smallest absolute Gasteiger partial charge is 0.307 e. The van der Waals surface area contributed by atoms with Gasteiger partial charge in [-0.25, -0.2) is 0 Å². The van der Waals surface area contributed by atoms with Crippen molar-refractivity contribution >= 4 is 11.9 Å². The van der Waals surface area contributed by atoms with E-state index in [4.69, 9.17) is 5.11 Å². The van der Waals surface area contributed by atoms with Crippen molar-refractivity contribution in [1.29, 1.82) is 0 Å². The van der Waals surface area contributed by atoms with Crippen molar-refractivity contribution in [3.63, 3.8) is 0 Å². The minimum Gasteiger partial charge on any atom is -0.481 e. The molecular weight excluding hydrogens is 244 g/mol. The van der Waals surface area contributed by atoms with Crippen LogP contribution in [-0.4, -0.2) is 46.6 Å². The van der Waals surface area contributed by atoms with Gasteiger partial charge in [0, 0.05) is 12.1 Å². The lowest BCUT2D eigenvalue weighted by atomic mass is 9.96. The van der Waals surface area contributed by atoms with Gasteiger partial charge in [0.1, 0.15) is 0 Å². The van der Waals surface area contributed by atoms with E-state index in [-0.39, 0.29) is 23.4 Å². The quantitative estimate of drug-likeness (QED) is 0.794. The van der Waals surface area contributed by atoms with Gasteiger partial charge in [-0.3, -0.25) is 14.5 Å². The van der Waals surface area contributed by atoms with Crippen LogP contribution in [0.2, 0.25) is 0 Å². The van der Waals surface area contributed by atoms with Crippen molar-refractivity contribution in [2.75, 3.05) is 13.1 Å². The molecule has 19 heavy (non-hydrogen) atoms. The molecule has 1 heterocycles. The van der Waals surface area contributed by atoms with Crippen LogP contribution in [0.5, 0.6) is 0 Å². The molecule has 0 spiro atoms. The number of likely N-dealkylation sites (tertiary alicyclic amines) is 1. The Kier molecular flexibility index (Phi) is 5.35. The Morgan fingerprint density at radius 1 is 1.47 bits per heavy atom. The Balaban J connectivity index is 2.59. The average Bonchev–Trinajstić information content (AvgIpc) is 2.37. The molecule has 5 heteroatoms. The molecule has 0 aromatic carbocycles. The third-order valence-electron chi connectivity index (χ3n) is 4.07. The van der Waals surface area contributed by atoms with Gasteiger partial charge in [-0.1, -0.05) is 6.92 Å². The normalized spacial score (nSPS) is 22.8. The first-order chi connectivity index (χ1) is 8.76. The highest BCUT2D eigenvalue weighted by atomic mass is 16.4. The van der Waals surface area contributed by atoms with Gasteiger partial charge in [-0.15, -0.1) is 0 Å². The molecule has 110 valence electrons.